The van der Waals surface area contributed by atoms with Gasteiger partial charge in [0.05, 0.1) is 6.54 Å². The molecule has 1 aliphatic rings. The van der Waals surface area contributed by atoms with Gasteiger partial charge in [0.25, 0.3) is 0 Å². The summed E-state index contributed by atoms with van der Waals surface area (Å²) in [4.78, 5) is 11.5. The summed E-state index contributed by atoms with van der Waals surface area (Å²) in [5, 5.41) is 0.558. The highest BCUT2D eigenvalue weighted by atomic mass is 35.5. The molecule has 0 aliphatic heterocycles. The fraction of sp³-hybridized carbons (Fsp3) is 0.750. The maximum atomic E-state index is 6.05. The lowest BCUT2D eigenvalue weighted by Gasteiger charge is -2.28. The summed E-state index contributed by atoms with van der Waals surface area (Å²) in [6, 6.07) is 2.52. The molecular formula is C16H26ClN3. The van der Waals surface area contributed by atoms with Gasteiger partial charge in [-0.15, -0.1) is 0 Å². The van der Waals surface area contributed by atoms with Gasteiger partial charge in [0.2, 0.25) is 0 Å². The number of hydrogen-bond acceptors (Lipinski definition) is 3. The second kappa shape index (κ2) is 7.37. The Morgan fingerprint density at radius 3 is 2.60 bits per heavy atom. The molecule has 1 fully saturated rings. The molecule has 112 valence electrons. The minimum absolute atomic E-state index is 0.558. The molecule has 1 aliphatic carbocycles. The zero-order valence-corrected chi connectivity index (χ0v) is 13.7. The van der Waals surface area contributed by atoms with Crippen LogP contribution in [0.1, 0.15) is 57.5 Å². The van der Waals surface area contributed by atoms with Crippen molar-refractivity contribution in [2.45, 2.75) is 65.5 Å². The number of halogens is 1. The monoisotopic (exact) mass is 295 g/mol. The van der Waals surface area contributed by atoms with Crippen LogP contribution in [-0.2, 0) is 6.54 Å². The van der Waals surface area contributed by atoms with E-state index in [1.807, 2.05) is 13.0 Å². The van der Waals surface area contributed by atoms with Crippen LogP contribution in [0.5, 0.6) is 0 Å². The summed E-state index contributed by atoms with van der Waals surface area (Å²) < 4.78 is 0. The van der Waals surface area contributed by atoms with Gasteiger partial charge in [-0.05, 0) is 44.7 Å². The van der Waals surface area contributed by atoms with Crippen molar-refractivity contribution in [3.05, 3.63) is 22.7 Å². The zero-order valence-electron chi connectivity index (χ0n) is 12.9. The maximum Gasteiger partial charge on any atom is 0.144 e. The summed E-state index contributed by atoms with van der Waals surface area (Å²) in [6.45, 7) is 8.51. The Labute approximate surface area is 127 Å². The molecule has 0 unspecified atom stereocenters. The minimum atomic E-state index is 0.558. The van der Waals surface area contributed by atoms with Crippen molar-refractivity contribution in [2.75, 3.05) is 6.54 Å². The molecule has 0 N–H and O–H groups in total. The van der Waals surface area contributed by atoms with Crippen LogP contribution in [0.4, 0.5) is 0 Å². The lowest BCUT2D eigenvalue weighted by molar-refractivity contribution is 0.175. The van der Waals surface area contributed by atoms with E-state index in [9.17, 15) is 0 Å². The van der Waals surface area contributed by atoms with Crippen molar-refractivity contribution in [1.82, 2.24) is 14.9 Å². The summed E-state index contributed by atoms with van der Waals surface area (Å²) >= 11 is 6.05. The van der Waals surface area contributed by atoms with Gasteiger partial charge in [0.1, 0.15) is 11.0 Å². The molecule has 1 aromatic rings. The third kappa shape index (κ3) is 4.71. The van der Waals surface area contributed by atoms with E-state index >= 15 is 0 Å². The molecular weight excluding hydrogens is 270 g/mol. The lowest BCUT2D eigenvalue weighted by atomic mass is 10.1. The van der Waals surface area contributed by atoms with E-state index in [2.05, 4.69) is 28.7 Å². The van der Waals surface area contributed by atoms with E-state index in [0.717, 1.165) is 30.5 Å². The van der Waals surface area contributed by atoms with Crippen molar-refractivity contribution < 1.29 is 0 Å². The lowest BCUT2D eigenvalue weighted by Crippen LogP contribution is -2.34. The predicted octanol–water partition coefficient (Wildman–Crippen LogP) is 4.23. The highest BCUT2D eigenvalue weighted by Crippen LogP contribution is 2.25. The summed E-state index contributed by atoms with van der Waals surface area (Å²) in [5.74, 6) is 1.60. The van der Waals surface area contributed by atoms with Crippen molar-refractivity contribution >= 4 is 11.6 Å². The van der Waals surface area contributed by atoms with E-state index in [4.69, 9.17) is 11.6 Å². The molecule has 1 saturated carbocycles. The van der Waals surface area contributed by atoms with E-state index in [1.165, 1.54) is 32.1 Å². The average Bonchev–Trinajstić information content (AvgIpc) is 2.86. The molecule has 2 rings (SSSR count). The second-order valence-electron chi connectivity index (χ2n) is 6.34. The minimum Gasteiger partial charge on any atom is -0.293 e. The predicted molar refractivity (Wildman–Crippen MR) is 83.9 cm³/mol. The van der Waals surface area contributed by atoms with Gasteiger partial charge in [-0.1, -0.05) is 38.3 Å². The van der Waals surface area contributed by atoms with E-state index < -0.39 is 0 Å². The Hall–Kier alpha value is -0.670. The average molecular weight is 296 g/mol. The Morgan fingerprint density at radius 1 is 1.30 bits per heavy atom. The highest BCUT2D eigenvalue weighted by Gasteiger charge is 2.23. The molecule has 1 heterocycles. The smallest absolute Gasteiger partial charge is 0.144 e. The van der Waals surface area contributed by atoms with E-state index in [-0.39, 0.29) is 0 Å². The van der Waals surface area contributed by atoms with Crippen molar-refractivity contribution in [3.8, 4) is 0 Å². The molecule has 3 nitrogen and oxygen atoms in total. The Morgan fingerprint density at radius 2 is 2.00 bits per heavy atom. The molecule has 1 aromatic heterocycles. The van der Waals surface area contributed by atoms with E-state index in [1.54, 1.807) is 0 Å². The summed E-state index contributed by atoms with van der Waals surface area (Å²) in [5.41, 5.74) is 0.954. The molecule has 0 amide bonds. The zero-order chi connectivity index (χ0) is 14.5. The van der Waals surface area contributed by atoms with Gasteiger partial charge in [0.15, 0.2) is 0 Å². The number of nitrogens with zero attached hydrogens (tertiary/aromatic N) is 3. The van der Waals surface area contributed by atoms with Crippen LogP contribution in [0, 0.1) is 12.8 Å². The van der Waals surface area contributed by atoms with Crippen molar-refractivity contribution in [3.63, 3.8) is 0 Å². The molecule has 0 bridgehead atoms. The quantitative estimate of drug-likeness (QED) is 0.736. The highest BCUT2D eigenvalue weighted by molar-refractivity contribution is 6.29. The molecule has 0 radical (unpaired) electrons. The molecule has 0 spiro atoms. The largest absolute Gasteiger partial charge is 0.293 e. The maximum absolute atomic E-state index is 6.05. The van der Waals surface area contributed by atoms with Gasteiger partial charge in [-0.2, -0.15) is 0 Å². The molecule has 0 aromatic carbocycles. The second-order valence-corrected chi connectivity index (χ2v) is 6.73. The SMILES string of the molecule is Cc1cc(Cl)nc(CN(CCC(C)C)C2CCCC2)n1. The fourth-order valence-electron chi connectivity index (χ4n) is 2.93. The number of hydrogen-bond donors (Lipinski definition) is 0. The first-order valence-corrected chi connectivity index (χ1v) is 8.16. The normalized spacial score (nSPS) is 16.5. The van der Waals surface area contributed by atoms with Gasteiger partial charge in [-0.3, -0.25) is 4.90 Å². The van der Waals surface area contributed by atoms with Crippen LogP contribution in [0.25, 0.3) is 0 Å². The van der Waals surface area contributed by atoms with Crippen LogP contribution < -0.4 is 0 Å². The third-order valence-corrected chi connectivity index (χ3v) is 4.24. The fourth-order valence-corrected chi connectivity index (χ4v) is 3.18. The van der Waals surface area contributed by atoms with Gasteiger partial charge < -0.3 is 0 Å². The number of rotatable bonds is 6. The topological polar surface area (TPSA) is 29.0 Å². The Kier molecular flexibility index (Phi) is 5.79. The Bertz CT molecular complexity index is 407. The van der Waals surface area contributed by atoms with Crippen LogP contribution >= 0.6 is 11.6 Å². The first-order chi connectivity index (χ1) is 9.54. The van der Waals surface area contributed by atoms with E-state index in [0.29, 0.717) is 11.2 Å². The molecule has 0 saturated heterocycles. The van der Waals surface area contributed by atoms with Crippen molar-refractivity contribution in [2.24, 2.45) is 5.92 Å². The number of aromatic nitrogens is 2. The number of aryl methyl sites for hydroxylation is 1. The summed E-state index contributed by atoms with van der Waals surface area (Å²) in [6.07, 6.45) is 6.59. The van der Waals surface area contributed by atoms with Crippen LogP contribution in [0.3, 0.4) is 0 Å². The Balaban J connectivity index is 2.05. The first kappa shape index (κ1) is 15.7. The summed E-state index contributed by atoms with van der Waals surface area (Å²) in [7, 11) is 0. The standard InChI is InChI=1S/C16H26ClN3/c1-12(2)8-9-20(14-6-4-5-7-14)11-16-18-13(3)10-15(17)19-16/h10,12,14H,4-9,11H2,1-3H3. The third-order valence-electron chi connectivity index (χ3n) is 4.05. The van der Waals surface area contributed by atoms with Crippen molar-refractivity contribution in [1.29, 1.82) is 0 Å². The molecule has 0 atom stereocenters. The molecule has 20 heavy (non-hydrogen) atoms. The first-order valence-electron chi connectivity index (χ1n) is 7.78. The van der Waals surface area contributed by atoms with Crippen LogP contribution in [-0.4, -0.2) is 27.5 Å². The van der Waals surface area contributed by atoms with Crippen LogP contribution in [0.15, 0.2) is 6.07 Å². The van der Waals surface area contributed by atoms with Gasteiger partial charge in [-0.25, -0.2) is 9.97 Å². The van der Waals surface area contributed by atoms with Gasteiger partial charge >= 0.3 is 0 Å². The van der Waals surface area contributed by atoms with Crippen LogP contribution in [0.2, 0.25) is 5.15 Å². The molecule has 4 heteroatoms. The van der Waals surface area contributed by atoms with Gasteiger partial charge in [0, 0.05) is 11.7 Å².